The van der Waals surface area contributed by atoms with E-state index >= 15 is 0 Å². The van der Waals surface area contributed by atoms with Crippen molar-refractivity contribution in [2.75, 3.05) is 44.2 Å². The predicted octanol–water partition coefficient (Wildman–Crippen LogP) is 3.47. The van der Waals surface area contributed by atoms with Crippen LogP contribution in [0.4, 0.5) is 14.6 Å². The summed E-state index contributed by atoms with van der Waals surface area (Å²) in [6.45, 7) is 4.79. The third kappa shape index (κ3) is 4.28. The van der Waals surface area contributed by atoms with Crippen molar-refractivity contribution in [1.29, 1.82) is 0 Å². The summed E-state index contributed by atoms with van der Waals surface area (Å²) in [4.78, 5) is 11.5. The van der Waals surface area contributed by atoms with Gasteiger partial charge in [-0.05, 0) is 41.4 Å². The van der Waals surface area contributed by atoms with Crippen LogP contribution >= 0.6 is 11.5 Å². The maximum atomic E-state index is 14.3. The number of rotatable bonds is 7. The SMILES string of the molecule is Fc1ccc2nnn(OCCCN3CCN(c4nscc4-c4ccccc4F)CC3)c2c1. The molecule has 32 heavy (non-hydrogen) atoms. The van der Waals surface area contributed by atoms with Crippen molar-refractivity contribution in [3.63, 3.8) is 0 Å². The first kappa shape index (κ1) is 20.8. The van der Waals surface area contributed by atoms with Crippen molar-refractivity contribution in [2.45, 2.75) is 6.42 Å². The van der Waals surface area contributed by atoms with Crippen molar-refractivity contribution >= 4 is 28.4 Å². The Hall–Kier alpha value is -3.11. The molecular weight excluding hydrogens is 434 g/mol. The van der Waals surface area contributed by atoms with Crippen molar-refractivity contribution in [2.24, 2.45) is 0 Å². The van der Waals surface area contributed by atoms with Crippen LogP contribution in [-0.2, 0) is 0 Å². The van der Waals surface area contributed by atoms with E-state index in [0.29, 0.717) is 23.2 Å². The summed E-state index contributed by atoms with van der Waals surface area (Å²) in [5, 5.41) is 9.81. The van der Waals surface area contributed by atoms with Crippen LogP contribution in [0.25, 0.3) is 22.2 Å². The number of piperazine rings is 1. The molecule has 0 aliphatic carbocycles. The number of anilines is 1. The molecule has 0 amide bonds. The second kappa shape index (κ2) is 9.17. The first-order valence-corrected chi connectivity index (χ1v) is 11.3. The molecule has 4 aromatic rings. The molecule has 0 spiro atoms. The Bertz CT molecular complexity index is 1200. The van der Waals surface area contributed by atoms with Gasteiger partial charge in [0.05, 0.1) is 0 Å². The van der Waals surface area contributed by atoms with Gasteiger partial charge in [-0.2, -0.15) is 4.37 Å². The van der Waals surface area contributed by atoms with Gasteiger partial charge in [0, 0.05) is 55.3 Å². The summed E-state index contributed by atoms with van der Waals surface area (Å²) in [5.41, 5.74) is 2.56. The zero-order valence-corrected chi connectivity index (χ0v) is 18.1. The topological polar surface area (TPSA) is 59.3 Å². The van der Waals surface area contributed by atoms with Crippen LogP contribution in [0.1, 0.15) is 6.42 Å². The lowest BCUT2D eigenvalue weighted by Gasteiger charge is -2.35. The monoisotopic (exact) mass is 456 g/mol. The van der Waals surface area contributed by atoms with E-state index in [2.05, 4.69) is 24.5 Å². The summed E-state index contributed by atoms with van der Waals surface area (Å²) in [7, 11) is 0. The molecule has 1 fully saturated rings. The van der Waals surface area contributed by atoms with Gasteiger partial charge in [-0.25, -0.2) is 8.78 Å². The van der Waals surface area contributed by atoms with E-state index in [0.717, 1.165) is 50.5 Å². The quantitative estimate of drug-likeness (QED) is 0.397. The second-order valence-corrected chi connectivity index (χ2v) is 8.27. The molecule has 5 rings (SSSR count). The fraction of sp³-hybridized carbons (Fsp3) is 0.318. The Morgan fingerprint density at radius 3 is 2.69 bits per heavy atom. The van der Waals surface area contributed by atoms with E-state index in [4.69, 9.17) is 4.84 Å². The van der Waals surface area contributed by atoms with Gasteiger partial charge in [0.25, 0.3) is 0 Å². The molecule has 1 aliphatic heterocycles. The van der Waals surface area contributed by atoms with Gasteiger partial charge in [0.15, 0.2) is 0 Å². The second-order valence-electron chi connectivity index (χ2n) is 7.64. The molecule has 0 N–H and O–H groups in total. The van der Waals surface area contributed by atoms with E-state index in [1.807, 2.05) is 11.4 Å². The first-order valence-electron chi connectivity index (χ1n) is 10.5. The fourth-order valence-electron chi connectivity index (χ4n) is 3.91. The van der Waals surface area contributed by atoms with Gasteiger partial charge in [0.2, 0.25) is 0 Å². The predicted molar refractivity (Wildman–Crippen MR) is 120 cm³/mol. The Balaban J connectivity index is 1.12. The highest BCUT2D eigenvalue weighted by Gasteiger charge is 2.22. The number of nitrogens with zero attached hydrogens (tertiary/aromatic N) is 6. The number of halogens is 2. The molecule has 10 heteroatoms. The van der Waals surface area contributed by atoms with Crippen LogP contribution in [0.3, 0.4) is 0 Å². The lowest BCUT2D eigenvalue weighted by Crippen LogP contribution is -2.47. The summed E-state index contributed by atoms with van der Waals surface area (Å²) in [6.07, 6.45) is 0.813. The Labute approximate surface area is 187 Å². The van der Waals surface area contributed by atoms with E-state index < -0.39 is 0 Å². The minimum atomic E-state index is -0.346. The highest BCUT2D eigenvalue weighted by molar-refractivity contribution is 7.04. The maximum Gasteiger partial charge on any atom is 0.150 e. The van der Waals surface area contributed by atoms with Gasteiger partial charge in [-0.15, -0.1) is 5.10 Å². The van der Waals surface area contributed by atoms with Crippen molar-refractivity contribution in [3.8, 4) is 11.1 Å². The average molecular weight is 457 g/mol. The standard InChI is InChI=1S/C22H22F2N6OS/c23-16-6-7-20-21(14-16)30(27-25-20)31-13-3-8-28-9-11-29(12-10-28)22-18(15-32-26-22)17-4-1-2-5-19(17)24/h1-2,4-7,14-15H,3,8-13H2. The number of hydrogen-bond acceptors (Lipinski definition) is 7. The fourth-order valence-corrected chi connectivity index (χ4v) is 4.62. The van der Waals surface area contributed by atoms with Crippen LogP contribution in [0.5, 0.6) is 0 Å². The molecule has 2 aromatic heterocycles. The van der Waals surface area contributed by atoms with Crippen LogP contribution in [0.15, 0.2) is 47.8 Å². The van der Waals surface area contributed by atoms with Crippen molar-refractivity contribution in [3.05, 3.63) is 59.5 Å². The largest absolute Gasteiger partial charge is 0.395 e. The van der Waals surface area contributed by atoms with Crippen molar-refractivity contribution in [1.82, 2.24) is 24.4 Å². The molecular formula is C22H22F2N6OS. The molecule has 0 unspecified atom stereocenters. The smallest absolute Gasteiger partial charge is 0.150 e. The highest BCUT2D eigenvalue weighted by Crippen LogP contribution is 2.33. The van der Waals surface area contributed by atoms with E-state index in [1.54, 1.807) is 18.2 Å². The normalized spacial score (nSPS) is 14.9. The summed E-state index contributed by atoms with van der Waals surface area (Å²) < 4.78 is 32.2. The van der Waals surface area contributed by atoms with Gasteiger partial charge in [-0.3, -0.25) is 4.90 Å². The average Bonchev–Trinajstić information content (AvgIpc) is 3.45. The molecule has 0 bridgehead atoms. The molecule has 0 atom stereocenters. The molecule has 7 nitrogen and oxygen atoms in total. The molecule has 1 aliphatic rings. The molecule has 0 radical (unpaired) electrons. The number of aromatic nitrogens is 4. The highest BCUT2D eigenvalue weighted by atomic mass is 32.1. The minimum Gasteiger partial charge on any atom is -0.395 e. The van der Waals surface area contributed by atoms with Crippen LogP contribution < -0.4 is 9.74 Å². The Morgan fingerprint density at radius 2 is 1.84 bits per heavy atom. The zero-order valence-electron chi connectivity index (χ0n) is 17.3. The van der Waals surface area contributed by atoms with Crippen LogP contribution in [-0.4, -0.2) is 63.8 Å². The molecule has 166 valence electrons. The maximum absolute atomic E-state index is 14.3. The van der Waals surface area contributed by atoms with E-state index in [1.165, 1.54) is 34.6 Å². The van der Waals surface area contributed by atoms with Gasteiger partial charge >= 0.3 is 0 Å². The molecule has 3 heterocycles. The van der Waals surface area contributed by atoms with Gasteiger partial charge < -0.3 is 9.74 Å². The lowest BCUT2D eigenvalue weighted by atomic mass is 10.1. The summed E-state index contributed by atoms with van der Waals surface area (Å²) >= 11 is 1.36. The number of benzene rings is 2. The molecule has 1 saturated heterocycles. The van der Waals surface area contributed by atoms with E-state index in [9.17, 15) is 8.78 Å². The lowest BCUT2D eigenvalue weighted by molar-refractivity contribution is 0.0784. The van der Waals surface area contributed by atoms with E-state index in [-0.39, 0.29) is 11.6 Å². The van der Waals surface area contributed by atoms with Crippen molar-refractivity contribution < 1.29 is 13.6 Å². The molecule has 0 saturated carbocycles. The van der Waals surface area contributed by atoms with Crippen LogP contribution in [0, 0.1) is 11.6 Å². The number of fused-ring (bicyclic) bond motifs is 1. The first-order chi connectivity index (χ1) is 15.7. The third-order valence-corrected chi connectivity index (χ3v) is 6.22. The molecule has 2 aromatic carbocycles. The summed E-state index contributed by atoms with van der Waals surface area (Å²) in [6, 6.07) is 11.1. The van der Waals surface area contributed by atoms with Gasteiger partial charge in [-0.1, -0.05) is 23.0 Å². The third-order valence-electron chi connectivity index (χ3n) is 5.60. The Kier molecular flexibility index (Phi) is 5.95. The number of hydrogen-bond donors (Lipinski definition) is 0. The van der Waals surface area contributed by atoms with Crippen LogP contribution in [0.2, 0.25) is 0 Å². The summed E-state index contributed by atoms with van der Waals surface area (Å²) in [5.74, 6) is 0.282. The van der Waals surface area contributed by atoms with Gasteiger partial charge in [0.1, 0.15) is 35.1 Å². The zero-order chi connectivity index (χ0) is 21.9. The Morgan fingerprint density at radius 1 is 1.00 bits per heavy atom. The minimum absolute atomic E-state index is 0.226.